The number of benzene rings is 3. The van der Waals surface area contributed by atoms with Gasteiger partial charge in [-0.25, -0.2) is 9.59 Å². The molecule has 0 amide bonds. The summed E-state index contributed by atoms with van der Waals surface area (Å²) in [5.41, 5.74) is 1.80. The Hall–Kier alpha value is -3.14. The first kappa shape index (κ1) is 16.7. The van der Waals surface area contributed by atoms with Crippen LogP contribution >= 0.6 is 0 Å². The minimum atomic E-state index is -0.375. The molecular weight excluding hydrogens is 316 g/mol. The van der Waals surface area contributed by atoms with Crippen molar-refractivity contribution in [3.05, 3.63) is 83.4 Å². The molecule has 0 spiro atoms. The molecule has 0 aliphatic carbocycles. The number of esters is 2. The van der Waals surface area contributed by atoms with E-state index in [1.165, 1.54) is 0 Å². The Morgan fingerprint density at radius 2 is 1.40 bits per heavy atom. The minimum absolute atomic E-state index is 0.148. The fourth-order valence-corrected chi connectivity index (χ4v) is 2.50. The van der Waals surface area contributed by atoms with Gasteiger partial charge < -0.3 is 9.47 Å². The van der Waals surface area contributed by atoms with E-state index in [4.69, 9.17) is 9.47 Å². The highest BCUT2D eigenvalue weighted by Gasteiger charge is 2.09. The van der Waals surface area contributed by atoms with E-state index in [0.717, 1.165) is 16.3 Å². The highest BCUT2D eigenvalue weighted by molar-refractivity contribution is 5.95. The highest BCUT2D eigenvalue weighted by Crippen LogP contribution is 2.17. The first-order valence-electron chi connectivity index (χ1n) is 8.09. The van der Waals surface area contributed by atoms with Gasteiger partial charge in [-0.05, 0) is 47.5 Å². The third-order valence-electron chi connectivity index (χ3n) is 3.82. The van der Waals surface area contributed by atoms with Crippen molar-refractivity contribution >= 4 is 22.7 Å². The van der Waals surface area contributed by atoms with Gasteiger partial charge in [0, 0.05) is 0 Å². The van der Waals surface area contributed by atoms with E-state index in [1.807, 2.05) is 36.4 Å². The predicted octanol–water partition coefficient (Wildman–Crippen LogP) is 4.37. The lowest BCUT2D eigenvalue weighted by atomic mass is 10.1. The zero-order valence-electron chi connectivity index (χ0n) is 13.9. The molecule has 3 aromatic rings. The fourth-order valence-electron chi connectivity index (χ4n) is 2.50. The molecule has 0 saturated carbocycles. The molecular formula is C21H18O4. The van der Waals surface area contributed by atoms with Crippen LogP contribution in [0.1, 0.15) is 33.2 Å². The Bertz CT molecular complexity index is 897. The van der Waals surface area contributed by atoms with Gasteiger partial charge in [0.1, 0.15) is 6.61 Å². The largest absolute Gasteiger partial charge is 0.462 e. The Kier molecular flexibility index (Phi) is 5.09. The number of carbonyl (C=O) groups excluding carboxylic acids is 2. The molecule has 126 valence electrons. The summed E-state index contributed by atoms with van der Waals surface area (Å²) in [6.07, 6.45) is 0. The molecule has 0 bridgehead atoms. The number of ether oxygens (including phenoxy) is 2. The molecule has 25 heavy (non-hydrogen) atoms. The third kappa shape index (κ3) is 4.04. The summed E-state index contributed by atoms with van der Waals surface area (Å²) < 4.78 is 10.3. The summed E-state index contributed by atoms with van der Waals surface area (Å²) in [6.45, 7) is 2.25. The summed E-state index contributed by atoms with van der Waals surface area (Å²) in [6, 6.07) is 20.2. The molecule has 0 aliphatic rings. The van der Waals surface area contributed by atoms with E-state index in [1.54, 1.807) is 37.3 Å². The Morgan fingerprint density at radius 1 is 0.760 bits per heavy atom. The van der Waals surface area contributed by atoms with E-state index in [-0.39, 0.29) is 18.5 Å². The number of hydrogen-bond acceptors (Lipinski definition) is 4. The lowest BCUT2D eigenvalue weighted by Gasteiger charge is -2.07. The SMILES string of the molecule is CCOC(=O)c1ccc(COC(=O)c2ccc3ccccc3c2)cc1. The molecule has 0 fully saturated rings. The zero-order chi connectivity index (χ0) is 17.6. The molecule has 0 atom stereocenters. The van der Waals surface area contributed by atoms with Crippen molar-refractivity contribution in [2.24, 2.45) is 0 Å². The molecule has 3 rings (SSSR count). The molecule has 0 saturated heterocycles. The van der Waals surface area contributed by atoms with Gasteiger partial charge in [0.05, 0.1) is 17.7 Å². The molecule has 0 N–H and O–H groups in total. The Labute approximate surface area is 146 Å². The van der Waals surface area contributed by atoms with Crippen LogP contribution in [-0.4, -0.2) is 18.5 Å². The summed E-state index contributed by atoms with van der Waals surface area (Å²) in [4.78, 5) is 23.8. The van der Waals surface area contributed by atoms with Crippen molar-refractivity contribution in [1.82, 2.24) is 0 Å². The lowest BCUT2D eigenvalue weighted by Crippen LogP contribution is -2.06. The first-order chi connectivity index (χ1) is 12.2. The average molecular weight is 334 g/mol. The van der Waals surface area contributed by atoms with Crippen LogP contribution in [0.5, 0.6) is 0 Å². The van der Waals surface area contributed by atoms with Gasteiger partial charge in [-0.15, -0.1) is 0 Å². The number of fused-ring (bicyclic) bond motifs is 1. The molecule has 0 radical (unpaired) electrons. The molecule has 0 unspecified atom stereocenters. The fraction of sp³-hybridized carbons (Fsp3) is 0.143. The standard InChI is InChI=1S/C21H18O4/c1-2-24-20(22)17-9-7-15(8-10-17)14-25-21(23)19-12-11-16-5-3-4-6-18(16)13-19/h3-13H,2,14H2,1H3. The maximum absolute atomic E-state index is 12.2. The number of carbonyl (C=O) groups is 2. The summed E-state index contributed by atoms with van der Waals surface area (Å²) in [5, 5.41) is 2.07. The molecule has 4 heteroatoms. The van der Waals surface area contributed by atoms with E-state index in [2.05, 4.69) is 0 Å². The van der Waals surface area contributed by atoms with E-state index < -0.39 is 0 Å². The van der Waals surface area contributed by atoms with Gasteiger partial charge in [0.15, 0.2) is 0 Å². The van der Waals surface area contributed by atoms with Crippen LogP contribution in [0.2, 0.25) is 0 Å². The number of hydrogen-bond donors (Lipinski definition) is 0. The summed E-state index contributed by atoms with van der Waals surface area (Å²) in [7, 11) is 0. The minimum Gasteiger partial charge on any atom is -0.462 e. The predicted molar refractivity (Wildman–Crippen MR) is 95.5 cm³/mol. The van der Waals surface area contributed by atoms with Gasteiger partial charge in [-0.2, -0.15) is 0 Å². The van der Waals surface area contributed by atoms with Gasteiger partial charge in [-0.3, -0.25) is 0 Å². The second kappa shape index (κ2) is 7.62. The smallest absolute Gasteiger partial charge is 0.338 e. The van der Waals surface area contributed by atoms with Crippen LogP contribution in [-0.2, 0) is 16.1 Å². The first-order valence-corrected chi connectivity index (χ1v) is 8.09. The van der Waals surface area contributed by atoms with Crippen LogP contribution in [0.3, 0.4) is 0 Å². The van der Waals surface area contributed by atoms with Crippen LogP contribution in [0.25, 0.3) is 10.8 Å². The normalized spacial score (nSPS) is 10.4. The molecule has 0 heterocycles. The van der Waals surface area contributed by atoms with E-state index in [0.29, 0.717) is 17.7 Å². The van der Waals surface area contributed by atoms with Crippen LogP contribution in [0, 0.1) is 0 Å². The van der Waals surface area contributed by atoms with Crippen LogP contribution in [0.4, 0.5) is 0 Å². The van der Waals surface area contributed by atoms with Crippen LogP contribution in [0.15, 0.2) is 66.7 Å². The summed E-state index contributed by atoms with van der Waals surface area (Å²) in [5.74, 6) is -0.734. The van der Waals surface area contributed by atoms with Gasteiger partial charge >= 0.3 is 11.9 Å². The van der Waals surface area contributed by atoms with Crippen molar-refractivity contribution in [2.45, 2.75) is 13.5 Å². The second-order valence-corrected chi connectivity index (χ2v) is 5.56. The Balaban J connectivity index is 1.64. The Morgan fingerprint density at radius 3 is 2.12 bits per heavy atom. The molecule has 0 aromatic heterocycles. The van der Waals surface area contributed by atoms with Crippen molar-refractivity contribution in [2.75, 3.05) is 6.61 Å². The topological polar surface area (TPSA) is 52.6 Å². The van der Waals surface area contributed by atoms with Gasteiger partial charge in [0.2, 0.25) is 0 Å². The van der Waals surface area contributed by atoms with Crippen molar-refractivity contribution < 1.29 is 19.1 Å². The maximum Gasteiger partial charge on any atom is 0.338 e. The van der Waals surface area contributed by atoms with Crippen molar-refractivity contribution in [1.29, 1.82) is 0 Å². The monoisotopic (exact) mass is 334 g/mol. The molecule has 0 aliphatic heterocycles. The third-order valence-corrected chi connectivity index (χ3v) is 3.82. The van der Waals surface area contributed by atoms with E-state index >= 15 is 0 Å². The number of rotatable bonds is 5. The van der Waals surface area contributed by atoms with Crippen molar-refractivity contribution in [3.8, 4) is 0 Å². The van der Waals surface area contributed by atoms with Gasteiger partial charge in [-0.1, -0.05) is 42.5 Å². The second-order valence-electron chi connectivity index (χ2n) is 5.56. The van der Waals surface area contributed by atoms with Gasteiger partial charge in [0.25, 0.3) is 0 Å². The highest BCUT2D eigenvalue weighted by atomic mass is 16.5. The summed E-state index contributed by atoms with van der Waals surface area (Å²) >= 11 is 0. The zero-order valence-corrected chi connectivity index (χ0v) is 13.9. The van der Waals surface area contributed by atoms with Crippen LogP contribution < -0.4 is 0 Å². The molecule has 4 nitrogen and oxygen atoms in total. The van der Waals surface area contributed by atoms with E-state index in [9.17, 15) is 9.59 Å². The maximum atomic E-state index is 12.2. The average Bonchev–Trinajstić information content (AvgIpc) is 2.66. The quantitative estimate of drug-likeness (QED) is 0.650. The lowest BCUT2D eigenvalue weighted by molar-refractivity contribution is 0.0469. The molecule has 3 aromatic carbocycles. The van der Waals surface area contributed by atoms with Crippen molar-refractivity contribution in [3.63, 3.8) is 0 Å².